The van der Waals surface area contributed by atoms with E-state index in [0.717, 1.165) is 25.9 Å². The number of carboxylic acids is 1. The van der Waals surface area contributed by atoms with E-state index >= 15 is 0 Å². The highest BCUT2D eigenvalue weighted by Gasteiger charge is 2.42. The van der Waals surface area contributed by atoms with E-state index in [2.05, 4.69) is 18.7 Å². The number of nitrogens with zero attached hydrogens (tertiary/aromatic N) is 1. The zero-order chi connectivity index (χ0) is 11.0. The van der Waals surface area contributed by atoms with Crippen molar-refractivity contribution in [3.8, 4) is 0 Å². The number of likely N-dealkylation sites (tertiary alicyclic amines) is 1. The Morgan fingerprint density at radius 3 is 2.33 bits per heavy atom. The van der Waals surface area contributed by atoms with Gasteiger partial charge in [-0.15, -0.1) is 0 Å². The number of rotatable bonds is 4. The van der Waals surface area contributed by atoms with Crippen molar-refractivity contribution in [3.63, 3.8) is 0 Å². The van der Waals surface area contributed by atoms with Crippen LogP contribution < -0.4 is 0 Å². The third-order valence-corrected chi connectivity index (χ3v) is 3.91. The Morgan fingerprint density at radius 1 is 1.27 bits per heavy atom. The molecule has 86 valence electrons. The van der Waals surface area contributed by atoms with Crippen LogP contribution in [-0.2, 0) is 4.79 Å². The highest BCUT2D eigenvalue weighted by molar-refractivity contribution is 5.74. The van der Waals surface area contributed by atoms with E-state index in [0.29, 0.717) is 17.8 Å². The lowest BCUT2D eigenvalue weighted by atomic mass is 9.95. The molecular weight excluding hydrogens is 190 g/mol. The van der Waals surface area contributed by atoms with Crippen LogP contribution >= 0.6 is 0 Å². The molecule has 3 nitrogen and oxygen atoms in total. The molecule has 2 fully saturated rings. The first kappa shape index (κ1) is 10.9. The molecule has 1 N–H and O–H groups in total. The number of hydrogen-bond acceptors (Lipinski definition) is 2. The molecule has 1 saturated heterocycles. The van der Waals surface area contributed by atoms with Gasteiger partial charge in [0.25, 0.3) is 0 Å². The van der Waals surface area contributed by atoms with E-state index in [9.17, 15) is 9.90 Å². The number of aliphatic carboxylic acids is 1. The third-order valence-electron chi connectivity index (χ3n) is 3.91. The molecule has 2 atom stereocenters. The predicted octanol–water partition coefficient (Wildman–Crippen LogP) is 1.83. The van der Waals surface area contributed by atoms with E-state index in [4.69, 9.17) is 0 Å². The molecular formula is C12H21NO2. The second-order valence-corrected chi connectivity index (χ2v) is 5.41. The Labute approximate surface area is 91.5 Å². The molecule has 2 rings (SSSR count). The van der Waals surface area contributed by atoms with Gasteiger partial charge in [-0.3, -0.25) is 9.69 Å². The first-order chi connectivity index (χ1) is 7.09. The van der Waals surface area contributed by atoms with Crippen LogP contribution in [0.3, 0.4) is 0 Å². The molecule has 0 aromatic carbocycles. The Hall–Kier alpha value is -0.570. The van der Waals surface area contributed by atoms with Crippen molar-refractivity contribution in [2.45, 2.75) is 39.2 Å². The molecule has 1 saturated carbocycles. The van der Waals surface area contributed by atoms with Crippen LogP contribution in [0.15, 0.2) is 0 Å². The normalized spacial score (nSPS) is 29.7. The SMILES string of the molecule is CC(C)C1CCN(C(C(=O)O)C2CC2)C1. The summed E-state index contributed by atoms with van der Waals surface area (Å²) in [5.74, 6) is 1.21. The zero-order valence-corrected chi connectivity index (χ0v) is 9.65. The molecule has 0 bridgehead atoms. The van der Waals surface area contributed by atoms with Gasteiger partial charge < -0.3 is 5.11 Å². The highest BCUT2D eigenvalue weighted by Crippen LogP contribution is 2.38. The summed E-state index contributed by atoms with van der Waals surface area (Å²) in [6.45, 7) is 6.45. The van der Waals surface area contributed by atoms with E-state index in [1.165, 1.54) is 6.42 Å². The van der Waals surface area contributed by atoms with Gasteiger partial charge in [0, 0.05) is 6.54 Å². The van der Waals surface area contributed by atoms with Crippen molar-refractivity contribution in [3.05, 3.63) is 0 Å². The Morgan fingerprint density at radius 2 is 1.93 bits per heavy atom. The van der Waals surface area contributed by atoms with Crippen LogP contribution in [0.25, 0.3) is 0 Å². The lowest BCUT2D eigenvalue weighted by Crippen LogP contribution is -2.41. The summed E-state index contributed by atoms with van der Waals surface area (Å²) in [5.41, 5.74) is 0. The first-order valence-corrected chi connectivity index (χ1v) is 6.06. The van der Waals surface area contributed by atoms with Crippen molar-refractivity contribution >= 4 is 5.97 Å². The maximum absolute atomic E-state index is 11.2. The van der Waals surface area contributed by atoms with E-state index in [1.807, 2.05) is 0 Å². The smallest absolute Gasteiger partial charge is 0.321 e. The van der Waals surface area contributed by atoms with Gasteiger partial charge in [-0.25, -0.2) is 0 Å². The Balaban J connectivity index is 1.95. The van der Waals surface area contributed by atoms with Crippen molar-refractivity contribution in [1.82, 2.24) is 4.90 Å². The monoisotopic (exact) mass is 211 g/mol. The van der Waals surface area contributed by atoms with Gasteiger partial charge in [-0.05, 0) is 43.6 Å². The fourth-order valence-corrected chi connectivity index (χ4v) is 2.68. The van der Waals surface area contributed by atoms with Gasteiger partial charge in [0.1, 0.15) is 6.04 Å². The highest BCUT2D eigenvalue weighted by atomic mass is 16.4. The van der Waals surface area contributed by atoms with E-state index in [-0.39, 0.29) is 6.04 Å². The molecule has 0 amide bonds. The minimum Gasteiger partial charge on any atom is -0.480 e. The predicted molar refractivity (Wildman–Crippen MR) is 58.7 cm³/mol. The number of hydrogen-bond donors (Lipinski definition) is 1. The second-order valence-electron chi connectivity index (χ2n) is 5.41. The van der Waals surface area contributed by atoms with Crippen LogP contribution in [0.2, 0.25) is 0 Å². The van der Waals surface area contributed by atoms with Gasteiger partial charge in [-0.1, -0.05) is 13.8 Å². The van der Waals surface area contributed by atoms with Gasteiger partial charge in [-0.2, -0.15) is 0 Å². The van der Waals surface area contributed by atoms with Gasteiger partial charge in [0.05, 0.1) is 0 Å². The molecule has 1 aliphatic heterocycles. The minimum atomic E-state index is -0.609. The molecule has 15 heavy (non-hydrogen) atoms. The standard InChI is InChI=1S/C12H21NO2/c1-8(2)10-5-6-13(7-10)11(12(14)15)9-3-4-9/h8-11H,3-7H2,1-2H3,(H,14,15). The number of carboxylic acid groups (broad SMARTS) is 1. The minimum absolute atomic E-state index is 0.186. The summed E-state index contributed by atoms with van der Waals surface area (Å²) in [6.07, 6.45) is 3.40. The summed E-state index contributed by atoms with van der Waals surface area (Å²) < 4.78 is 0. The summed E-state index contributed by atoms with van der Waals surface area (Å²) in [4.78, 5) is 13.4. The molecule has 1 aliphatic carbocycles. The Kier molecular flexibility index (Phi) is 3.01. The third kappa shape index (κ3) is 2.33. The van der Waals surface area contributed by atoms with Crippen LogP contribution in [0.5, 0.6) is 0 Å². The van der Waals surface area contributed by atoms with Gasteiger partial charge in [0.2, 0.25) is 0 Å². The van der Waals surface area contributed by atoms with Crippen molar-refractivity contribution in [2.24, 2.45) is 17.8 Å². The summed E-state index contributed by atoms with van der Waals surface area (Å²) in [5, 5.41) is 9.23. The van der Waals surface area contributed by atoms with E-state index < -0.39 is 5.97 Å². The van der Waals surface area contributed by atoms with Crippen LogP contribution in [0.1, 0.15) is 33.1 Å². The maximum Gasteiger partial charge on any atom is 0.321 e. The molecule has 3 heteroatoms. The van der Waals surface area contributed by atoms with Gasteiger partial charge in [0.15, 0.2) is 0 Å². The lowest BCUT2D eigenvalue weighted by molar-refractivity contribution is -0.143. The number of carbonyl (C=O) groups is 1. The largest absolute Gasteiger partial charge is 0.480 e. The molecule has 0 spiro atoms. The van der Waals surface area contributed by atoms with Crippen LogP contribution in [0.4, 0.5) is 0 Å². The fraction of sp³-hybridized carbons (Fsp3) is 0.917. The maximum atomic E-state index is 11.2. The molecule has 0 aromatic rings. The molecule has 2 unspecified atom stereocenters. The average molecular weight is 211 g/mol. The zero-order valence-electron chi connectivity index (χ0n) is 9.65. The lowest BCUT2D eigenvalue weighted by Gasteiger charge is -2.24. The van der Waals surface area contributed by atoms with E-state index in [1.54, 1.807) is 0 Å². The molecule has 0 radical (unpaired) electrons. The molecule has 2 aliphatic rings. The molecule has 1 heterocycles. The van der Waals surface area contributed by atoms with Crippen LogP contribution in [0, 0.1) is 17.8 Å². The summed E-state index contributed by atoms with van der Waals surface area (Å²) >= 11 is 0. The average Bonchev–Trinajstić information content (AvgIpc) is 2.81. The topological polar surface area (TPSA) is 40.5 Å². The second kappa shape index (κ2) is 4.12. The first-order valence-electron chi connectivity index (χ1n) is 6.06. The quantitative estimate of drug-likeness (QED) is 0.771. The van der Waals surface area contributed by atoms with Crippen molar-refractivity contribution in [2.75, 3.05) is 13.1 Å². The van der Waals surface area contributed by atoms with Crippen molar-refractivity contribution in [1.29, 1.82) is 0 Å². The van der Waals surface area contributed by atoms with Crippen LogP contribution in [-0.4, -0.2) is 35.1 Å². The molecule has 0 aromatic heterocycles. The van der Waals surface area contributed by atoms with Gasteiger partial charge >= 0.3 is 5.97 Å². The fourth-order valence-electron chi connectivity index (χ4n) is 2.68. The summed E-state index contributed by atoms with van der Waals surface area (Å²) in [6, 6.07) is -0.186. The summed E-state index contributed by atoms with van der Waals surface area (Å²) in [7, 11) is 0. The Bertz CT molecular complexity index is 248. The van der Waals surface area contributed by atoms with Crippen molar-refractivity contribution < 1.29 is 9.90 Å².